The molecule has 9 heteroatoms. The zero-order chi connectivity index (χ0) is 21.6. The Labute approximate surface area is 184 Å². The van der Waals surface area contributed by atoms with Gasteiger partial charge in [0.1, 0.15) is 16.5 Å². The minimum Gasteiger partial charge on any atom is -0.497 e. The number of hydrogen-bond donors (Lipinski definition) is 1. The predicted octanol–water partition coefficient (Wildman–Crippen LogP) is 4.08. The molecule has 4 aromatic rings. The van der Waals surface area contributed by atoms with Gasteiger partial charge in [0.25, 0.3) is 5.91 Å². The monoisotopic (exact) mass is 437 g/mol. The fraction of sp³-hybridized carbons (Fsp3) is 0.136. The summed E-state index contributed by atoms with van der Waals surface area (Å²) in [5, 5.41) is 11.6. The molecule has 158 valence electrons. The number of ether oxygens (including phenoxy) is 2. The second-order valence-electron chi connectivity index (χ2n) is 6.65. The van der Waals surface area contributed by atoms with Crippen molar-refractivity contribution in [2.45, 2.75) is 13.3 Å². The standard InChI is InChI=1S/C22H20ClN5O3/c1-30-17-7-9-18(10-8-17)31-15-27-12-11-20(25-27)22(29)24-21-19(23)14-28(26-21)13-16-5-3-2-4-6-16/h2-12,14H,13,15H2,1H3,(H,24,26,29). The summed E-state index contributed by atoms with van der Waals surface area (Å²) in [6, 6.07) is 18.6. The van der Waals surface area contributed by atoms with Crippen LogP contribution in [-0.2, 0) is 13.3 Å². The van der Waals surface area contributed by atoms with E-state index in [1.165, 1.54) is 4.68 Å². The molecule has 0 saturated carbocycles. The number of rotatable bonds is 8. The zero-order valence-electron chi connectivity index (χ0n) is 16.7. The van der Waals surface area contributed by atoms with Crippen molar-refractivity contribution in [3.05, 3.63) is 89.3 Å². The van der Waals surface area contributed by atoms with E-state index in [2.05, 4.69) is 15.5 Å². The van der Waals surface area contributed by atoms with Crippen molar-refractivity contribution < 1.29 is 14.3 Å². The van der Waals surface area contributed by atoms with Crippen molar-refractivity contribution in [1.29, 1.82) is 0 Å². The van der Waals surface area contributed by atoms with Gasteiger partial charge in [0, 0.05) is 12.4 Å². The van der Waals surface area contributed by atoms with Crippen molar-refractivity contribution in [1.82, 2.24) is 19.6 Å². The van der Waals surface area contributed by atoms with Crippen LogP contribution in [0.2, 0.25) is 5.02 Å². The number of nitrogens with one attached hydrogen (secondary N) is 1. The van der Waals surface area contributed by atoms with Gasteiger partial charge in [-0.15, -0.1) is 0 Å². The van der Waals surface area contributed by atoms with E-state index in [0.717, 1.165) is 11.3 Å². The topological polar surface area (TPSA) is 83.2 Å². The fourth-order valence-corrected chi connectivity index (χ4v) is 3.07. The van der Waals surface area contributed by atoms with Gasteiger partial charge >= 0.3 is 0 Å². The molecule has 1 N–H and O–H groups in total. The summed E-state index contributed by atoms with van der Waals surface area (Å²) in [6.07, 6.45) is 3.33. The van der Waals surface area contributed by atoms with Gasteiger partial charge in [-0.25, -0.2) is 4.68 Å². The Kier molecular flexibility index (Phi) is 6.18. The summed E-state index contributed by atoms with van der Waals surface area (Å²) < 4.78 is 14.0. The molecule has 0 aliphatic heterocycles. The first-order chi connectivity index (χ1) is 15.1. The lowest BCUT2D eigenvalue weighted by atomic mass is 10.2. The Hall–Kier alpha value is -3.78. The highest BCUT2D eigenvalue weighted by Crippen LogP contribution is 2.21. The molecule has 0 saturated heterocycles. The van der Waals surface area contributed by atoms with Crippen LogP contribution in [0.15, 0.2) is 73.1 Å². The van der Waals surface area contributed by atoms with E-state index in [1.807, 2.05) is 30.3 Å². The third-order valence-electron chi connectivity index (χ3n) is 4.43. The molecule has 0 atom stereocenters. The molecule has 0 aliphatic rings. The van der Waals surface area contributed by atoms with Crippen molar-refractivity contribution in [3.8, 4) is 11.5 Å². The molecule has 4 rings (SSSR count). The molecule has 2 aromatic heterocycles. The van der Waals surface area contributed by atoms with Gasteiger partial charge < -0.3 is 14.8 Å². The molecule has 0 bridgehead atoms. The summed E-state index contributed by atoms with van der Waals surface area (Å²) in [4.78, 5) is 12.5. The number of amides is 1. The Balaban J connectivity index is 1.35. The van der Waals surface area contributed by atoms with E-state index in [0.29, 0.717) is 17.3 Å². The Morgan fingerprint density at radius 3 is 2.48 bits per heavy atom. The molecule has 2 heterocycles. The van der Waals surface area contributed by atoms with Crippen molar-refractivity contribution >= 4 is 23.3 Å². The molecule has 0 fully saturated rings. The molecule has 0 aliphatic carbocycles. The van der Waals surface area contributed by atoms with E-state index in [4.69, 9.17) is 21.1 Å². The van der Waals surface area contributed by atoms with Gasteiger partial charge in [0.05, 0.1) is 13.7 Å². The Morgan fingerprint density at radius 1 is 1.00 bits per heavy atom. The summed E-state index contributed by atoms with van der Waals surface area (Å²) in [5.74, 6) is 1.29. The molecule has 31 heavy (non-hydrogen) atoms. The minimum atomic E-state index is -0.407. The number of halogens is 1. The average Bonchev–Trinajstić information content (AvgIpc) is 3.40. The number of hydrogen-bond acceptors (Lipinski definition) is 5. The Morgan fingerprint density at radius 2 is 1.74 bits per heavy atom. The molecule has 1 amide bonds. The molecule has 2 aromatic carbocycles. The van der Waals surface area contributed by atoms with Crippen molar-refractivity contribution in [2.75, 3.05) is 12.4 Å². The second kappa shape index (κ2) is 9.36. The fourth-order valence-electron chi connectivity index (χ4n) is 2.87. The van der Waals surface area contributed by atoms with Gasteiger partial charge in [-0.2, -0.15) is 10.2 Å². The smallest absolute Gasteiger partial charge is 0.277 e. The molecular weight excluding hydrogens is 418 g/mol. The molecule has 8 nitrogen and oxygen atoms in total. The van der Waals surface area contributed by atoms with Crippen LogP contribution < -0.4 is 14.8 Å². The van der Waals surface area contributed by atoms with Crippen LogP contribution in [-0.4, -0.2) is 32.6 Å². The van der Waals surface area contributed by atoms with E-state index in [9.17, 15) is 4.79 Å². The number of carbonyl (C=O) groups excluding carboxylic acids is 1. The van der Waals surface area contributed by atoms with Gasteiger partial charge in [-0.3, -0.25) is 9.48 Å². The zero-order valence-corrected chi connectivity index (χ0v) is 17.5. The third kappa shape index (κ3) is 5.23. The summed E-state index contributed by atoms with van der Waals surface area (Å²) in [7, 11) is 1.60. The van der Waals surface area contributed by atoms with Crippen LogP contribution in [0.4, 0.5) is 5.82 Å². The summed E-state index contributed by atoms with van der Waals surface area (Å²) in [6.45, 7) is 0.708. The van der Waals surface area contributed by atoms with Crippen LogP contribution in [0.5, 0.6) is 11.5 Å². The van der Waals surface area contributed by atoms with Crippen molar-refractivity contribution in [3.63, 3.8) is 0 Å². The van der Waals surface area contributed by atoms with Crippen LogP contribution in [0.25, 0.3) is 0 Å². The number of carbonyl (C=O) groups is 1. The normalized spacial score (nSPS) is 10.6. The highest BCUT2D eigenvalue weighted by molar-refractivity contribution is 6.33. The molecule has 0 radical (unpaired) electrons. The molecular formula is C22H20ClN5O3. The predicted molar refractivity (Wildman–Crippen MR) is 117 cm³/mol. The average molecular weight is 438 g/mol. The lowest BCUT2D eigenvalue weighted by Gasteiger charge is -2.07. The largest absolute Gasteiger partial charge is 0.497 e. The van der Waals surface area contributed by atoms with Crippen LogP contribution in [0.3, 0.4) is 0 Å². The van der Waals surface area contributed by atoms with Gasteiger partial charge in [0.2, 0.25) is 0 Å². The number of aromatic nitrogens is 4. The van der Waals surface area contributed by atoms with E-state index in [1.54, 1.807) is 54.5 Å². The maximum Gasteiger partial charge on any atom is 0.277 e. The van der Waals surface area contributed by atoms with Gasteiger partial charge in [-0.1, -0.05) is 41.9 Å². The van der Waals surface area contributed by atoms with Crippen LogP contribution >= 0.6 is 11.6 Å². The van der Waals surface area contributed by atoms with Gasteiger partial charge in [-0.05, 0) is 35.9 Å². The van der Waals surface area contributed by atoms with E-state index in [-0.39, 0.29) is 18.2 Å². The van der Waals surface area contributed by atoms with E-state index < -0.39 is 5.91 Å². The SMILES string of the molecule is COc1ccc(OCn2ccc(C(=O)Nc3nn(Cc4ccccc4)cc3Cl)n2)cc1. The third-order valence-corrected chi connectivity index (χ3v) is 4.71. The number of nitrogens with zero attached hydrogens (tertiary/aromatic N) is 4. The lowest BCUT2D eigenvalue weighted by molar-refractivity contribution is 0.101. The van der Waals surface area contributed by atoms with Crippen LogP contribution in [0, 0.1) is 0 Å². The second-order valence-corrected chi connectivity index (χ2v) is 7.06. The maximum atomic E-state index is 12.5. The van der Waals surface area contributed by atoms with Crippen molar-refractivity contribution in [2.24, 2.45) is 0 Å². The lowest BCUT2D eigenvalue weighted by Crippen LogP contribution is -2.15. The van der Waals surface area contributed by atoms with Crippen LogP contribution in [0.1, 0.15) is 16.1 Å². The highest BCUT2D eigenvalue weighted by atomic mass is 35.5. The van der Waals surface area contributed by atoms with E-state index >= 15 is 0 Å². The Bertz CT molecular complexity index is 1160. The number of benzene rings is 2. The highest BCUT2D eigenvalue weighted by Gasteiger charge is 2.15. The van der Waals surface area contributed by atoms with Gasteiger partial charge in [0.15, 0.2) is 18.2 Å². The first-order valence-corrected chi connectivity index (χ1v) is 9.87. The molecule has 0 unspecified atom stereocenters. The first-order valence-electron chi connectivity index (χ1n) is 9.49. The number of methoxy groups -OCH3 is 1. The first kappa shape index (κ1) is 20.5. The molecule has 0 spiro atoms. The summed E-state index contributed by atoms with van der Waals surface area (Å²) >= 11 is 6.23. The quantitative estimate of drug-likeness (QED) is 0.449. The maximum absolute atomic E-state index is 12.5. The minimum absolute atomic E-state index is 0.159. The number of anilines is 1. The summed E-state index contributed by atoms with van der Waals surface area (Å²) in [5.41, 5.74) is 1.31.